The van der Waals surface area contributed by atoms with Gasteiger partial charge in [-0.3, -0.25) is 4.79 Å². The first kappa shape index (κ1) is 20.7. The molecule has 28 heavy (non-hydrogen) atoms. The summed E-state index contributed by atoms with van der Waals surface area (Å²) in [5.74, 6) is -1.20. The summed E-state index contributed by atoms with van der Waals surface area (Å²) < 4.78 is 4.71. The monoisotopic (exact) mass is 377 g/mol. The summed E-state index contributed by atoms with van der Waals surface area (Å²) in [5, 5.41) is 15.0. The van der Waals surface area contributed by atoms with Gasteiger partial charge in [-0.15, -0.1) is 0 Å². The van der Waals surface area contributed by atoms with Crippen LogP contribution in [-0.2, 0) is 14.9 Å². The number of ether oxygens (including phenoxy) is 1. The SMILES string of the molecule is COC(=O)c1ccccc1NC(=O)/C(C#N)=C\Nc1ccccc1C(C)(C)C. The van der Waals surface area contributed by atoms with Crippen molar-refractivity contribution in [2.75, 3.05) is 17.7 Å². The molecule has 0 heterocycles. The smallest absolute Gasteiger partial charge is 0.339 e. The van der Waals surface area contributed by atoms with Crippen LogP contribution in [0.3, 0.4) is 0 Å². The number of amides is 1. The minimum absolute atomic E-state index is 0.105. The van der Waals surface area contributed by atoms with E-state index in [2.05, 4.69) is 31.4 Å². The van der Waals surface area contributed by atoms with E-state index in [0.717, 1.165) is 11.3 Å². The average molecular weight is 377 g/mol. The molecule has 6 heteroatoms. The van der Waals surface area contributed by atoms with Crippen LogP contribution in [0.2, 0.25) is 0 Å². The third-order valence-corrected chi connectivity index (χ3v) is 4.05. The first-order chi connectivity index (χ1) is 13.3. The number of benzene rings is 2. The molecule has 0 spiro atoms. The van der Waals surface area contributed by atoms with Crippen LogP contribution >= 0.6 is 0 Å². The number of nitriles is 1. The number of methoxy groups -OCH3 is 1. The molecule has 2 rings (SSSR count). The van der Waals surface area contributed by atoms with E-state index in [1.165, 1.54) is 19.4 Å². The molecule has 0 atom stereocenters. The van der Waals surface area contributed by atoms with E-state index in [1.54, 1.807) is 18.2 Å². The van der Waals surface area contributed by atoms with Crippen molar-refractivity contribution >= 4 is 23.3 Å². The number of anilines is 2. The molecule has 2 aromatic rings. The summed E-state index contributed by atoms with van der Waals surface area (Å²) in [5.41, 5.74) is 2.12. The lowest BCUT2D eigenvalue weighted by Crippen LogP contribution is -2.18. The maximum absolute atomic E-state index is 12.5. The van der Waals surface area contributed by atoms with Gasteiger partial charge in [-0.1, -0.05) is 51.1 Å². The van der Waals surface area contributed by atoms with Gasteiger partial charge < -0.3 is 15.4 Å². The van der Waals surface area contributed by atoms with Gasteiger partial charge >= 0.3 is 5.97 Å². The number of carbonyl (C=O) groups is 2. The highest BCUT2D eigenvalue weighted by Crippen LogP contribution is 2.29. The van der Waals surface area contributed by atoms with Gasteiger partial charge in [0.2, 0.25) is 0 Å². The second-order valence-electron chi connectivity index (χ2n) is 7.10. The van der Waals surface area contributed by atoms with Gasteiger partial charge in [0, 0.05) is 11.9 Å². The average Bonchev–Trinajstić information content (AvgIpc) is 2.68. The molecule has 0 aliphatic carbocycles. The molecule has 2 N–H and O–H groups in total. The zero-order valence-electron chi connectivity index (χ0n) is 16.4. The van der Waals surface area contributed by atoms with Crippen molar-refractivity contribution in [3.05, 3.63) is 71.4 Å². The standard InChI is InChI=1S/C22H23N3O3/c1-22(2,3)17-10-6-8-12-19(17)24-14-15(13-23)20(26)25-18-11-7-5-9-16(18)21(27)28-4/h5-12,14,24H,1-4H3,(H,25,26)/b15-14-. The summed E-state index contributed by atoms with van der Waals surface area (Å²) in [6, 6.07) is 16.0. The van der Waals surface area contributed by atoms with E-state index >= 15 is 0 Å². The van der Waals surface area contributed by atoms with E-state index in [1.807, 2.05) is 30.3 Å². The summed E-state index contributed by atoms with van der Waals surface area (Å²) in [6.07, 6.45) is 1.36. The fourth-order valence-corrected chi connectivity index (χ4v) is 2.63. The van der Waals surface area contributed by atoms with Gasteiger partial charge in [-0.2, -0.15) is 5.26 Å². The Hall–Kier alpha value is -3.59. The summed E-state index contributed by atoms with van der Waals surface area (Å²) in [7, 11) is 1.26. The number of rotatable bonds is 5. The van der Waals surface area contributed by atoms with E-state index in [4.69, 9.17) is 4.74 Å². The van der Waals surface area contributed by atoms with E-state index in [9.17, 15) is 14.9 Å². The van der Waals surface area contributed by atoms with Gasteiger partial charge in [0.25, 0.3) is 5.91 Å². The van der Waals surface area contributed by atoms with Crippen LogP contribution in [0.1, 0.15) is 36.7 Å². The van der Waals surface area contributed by atoms with Crippen LogP contribution in [0.25, 0.3) is 0 Å². The first-order valence-electron chi connectivity index (χ1n) is 8.73. The van der Waals surface area contributed by atoms with Crippen LogP contribution in [0.15, 0.2) is 60.3 Å². The number of esters is 1. The van der Waals surface area contributed by atoms with E-state index in [0.29, 0.717) is 0 Å². The number of nitrogens with one attached hydrogen (secondary N) is 2. The summed E-state index contributed by atoms with van der Waals surface area (Å²) in [6.45, 7) is 6.25. The molecule has 0 aliphatic rings. The van der Waals surface area contributed by atoms with Crippen molar-refractivity contribution in [3.63, 3.8) is 0 Å². The zero-order chi connectivity index (χ0) is 20.7. The number of hydrogen-bond acceptors (Lipinski definition) is 5. The number of para-hydroxylation sites is 2. The highest BCUT2D eigenvalue weighted by Gasteiger charge is 2.18. The van der Waals surface area contributed by atoms with Crippen molar-refractivity contribution in [3.8, 4) is 6.07 Å². The predicted octanol–water partition coefficient (Wildman–Crippen LogP) is 4.23. The third kappa shape index (κ3) is 4.98. The Labute approximate surface area is 164 Å². The summed E-state index contributed by atoms with van der Waals surface area (Å²) in [4.78, 5) is 24.3. The molecule has 1 amide bonds. The van der Waals surface area contributed by atoms with Crippen LogP contribution in [0.5, 0.6) is 0 Å². The lowest BCUT2D eigenvalue weighted by Gasteiger charge is -2.22. The quantitative estimate of drug-likeness (QED) is 0.462. The topological polar surface area (TPSA) is 91.2 Å². The van der Waals surface area contributed by atoms with Crippen molar-refractivity contribution in [2.24, 2.45) is 0 Å². The van der Waals surface area contributed by atoms with Crippen LogP contribution in [0.4, 0.5) is 11.4 Å². The lowest BCUT2D eigenvalue weighted by molar-refractivity contribution is -0.112. The molecule has 0 aromatic heterocycles. The maximum atomic E-state index is 12.5. The van der Waals surface area contributed by atoms with Crippen LogP contribution in [0, 0.1) is 11.3 Å². The molecular weight excluding hydrogens is 354 g/mol. The van der Waals surface area contributed by atoms with Crippen LogP contribution < -0.4 is 10.6 Å². The van der Waals surface area contributed by atoms with Crippen molar-refractivity contribution < 1.29 is 14.3 Å². The van der Waals surface area contributed by atoms with E-state index in [-0.39, 0.29) is 22.2 Å². The maximum Gasteiger partial charge on any atom is 0.339 e. The molecule has 0 saturated heterocycles. The minimum Gasteiger partial charge on any atom is -0.465 e. The Kier molecular flexibility index (Phi) is 6.56. The van der Waals surface area contributed by atoms with Gasteiger partial charge in [0.1, 0.15) is 11.6 Å². The second-order valence-corrected chi connectivity index (χ2v) is 7.10. The Bertz CT molecular complexity index is 950. The highest BCUT2D eigenvalue weighted by atomic mass is 16.5. The highest BCUT2D eigenvalue weighted by molar-refractivity contribution is 6.09. The van der Waals surface area contributed by atoms with E-state index < -0.39 is 11.9 Å². The molecule has 0 radical (unpaired) electrons. The van der Waals surface area contributed by atoms with Crippen molar-refractivity contribution in [2.45, 2.75) is 26.2 Å². The molecule has 6 nitrogen and oxygen atoms in total. The fourth-order valence-electron chi connectivity index (χ4n) is 2.63. The molecule has 0 bridgehead atoms. The fraction of sp³-hybridized carbons (Fsp3) is 0.227. The van der Waals surface area contributed by atoms with Crippen molar-refractivity contribution in [1.82, 2.24) is 0 Å². The summed E-state index contributed by atoms with van der Waals surface area (Å²) >= 11 is 0. The minimum atomic E-state index is -0.625. The number of nitrogens with zero attached hydrogens (tertiary/aromatic N) is 1. The molecule has 0 saturated carbocycles. The normalized spacial score (nSPS) is 11.3. The first-order valence-corrected chi connectivity index (χ1v) is 8.73. The second kappa shape index (κ2) is 8.87. The molecule has 144 valence electrons. The van der Waals surface area contributed by atoms with Gasteiger partial charge in [0.05, 0.1) is 18.4 Å². The van der Waals surface area contributed by atoms with Crippen LogP contribution in [-0.4, -0.2) is 19.0 Å². The predicted molar refractivity (Wildman–Crippen MR) is 109 cm³/mol. The van der Waals surface area contributed by atoms with Crippen molar-refractivity contribution in [1.29, 1.82) is 5.26 Å². The molecular formula is C22H23N3O3. The third-order valence-electron chi connectivity index (χ3n) is 4.05. The Morgan fingerprint density at radius 3 is 2.25 bits per heavy atom. The van der Waals surface area contributed by atoms with Gasteiger partial charge in [-0.25, -0.2) is 4.79 Å². The largest absolute Gasteiger partial charge is 0.465 e. The molecule has 2 aromatic carbocycles. The number of hydrogen-bond donors (Lipinski definition) is 2. The number of carbonyl (C=O) groups excluding carboxylic acids is 2. The molecule has 0 aliphatic heterocycles. The zero-order valence-corrected chi connectivity index (χ0v) is 16.4. The lowest BCUT2D eigenvalue weighted by atomic mass is 9.86. The van der Waals surface area contributed by atoms with Gasteiger partial charge in [0.15, 0.2) is 0 Å². The Balaban J connectivity index is 2.25. The van der Waals surface area contributed by atoms with Gasteiger partial charge in [-0.05, 0) is 29.2 Å². The molecule has 0 unspecified atom stereocenters. The Morgan fingerprint density at radius 2 is 1.64 bits per heavy atom. The molecule has 0 fully saturated rings. The Morgan fingerprint density at radius 1 is 1.04 bits per heavy atom.